The molecule has 3 aliphatic heterocycles. The van der Waals surface area contributed by atoms with E-state index in [0.717, 1.165) is 36.2 Å². The molecule has 3 saturated heterocycles. The Morgan fingerprint density at radius 2 is 1.69 bits per heavy atom. The number of imide groups is 2. The number of phenols is 1. The van der Waals surface area contributed by atoms with E-state index in [1.54, 1.807) is 19.1 Å². The van der Waals surface area contributed by atoms with Gasteiger partial charge in [-0.1, -0.05) is 59.6 Å². The van der Waals surface area contributed by atoms with E-state index in [1.165, 1.54) is 35.8 Å². The highest BCUT2D eigenvalue weighted by Gasteiger charge is 2.68. The van der Waals surface area contributed by atoms with Gasteiger partial charge in [-0.05, 0) is 80.0 Å². The molecule has 5 aliphatic rings. The average Bonchev–Trinajstić information content (AvgIpc) is 3.50. The van der Waals surface area contributed by atoms with Crippen LogP contribution < -0.4 is 9.64 Å². The van der Waals surface area contributed by atoms with Crippen LogP contribution in [0, 0.1) is 34.9 Å². The number of phenolic OH excluding ortho intramolecular Hbond substituents is 1. The van der Waals surface area contributed by atoms with E-state index in [9.17, 15) is 28.7 Å². The Morgan fingerprint density at radius 3 is 2.39 bits per heavy atom. The van der Waals surface area contributed by atoms with Crippen LogP contribution in [0.15, 0.2) is 78.4 Å². The molecule has 0 spiro atoms. The smallest absolute Gasteiger partial charge is 0.241 e. The number of halogens is 2. The van der Waals surface area contributed by atoms with Crippen molar-refractivity contribution in [3.05, 3.63) is 100 Å². The van der Waals surface area contributed by atoms with Gasteiger partial charge in [0.25, 0.3) is 0 Å². The lowest BCUT2D eigenvalue weighted by Crippen LogP contribution is -2.49. The van der Waals surface area contributed by atoms with Crippen LogP contribution in [0.3, 0.4) is 0 Å². The Kier molecular flexibility index (Phi) is 8.30. The van der Waals surface area contributed by atoms with Crippen LogP contribution in [0.25, 0.3) is 0 Å². The van der Waals surface area contributed by atoms with Crippen LogP contribution in [0.2, 0.25) is 5.02 Å². The molecule has 2 aliphatic carbocycles. The number of likely N-dealkylation sites (tertiary alicyclic amines) is 2. The van der Waals surface area contributed by atoms with Gasteiger partial charge in [0.15, 0.2) is 11.5 Å². The minimum absolute atomic E-state index is 0.0774. The van der Waals surface area contributed by atoms with E-state index in [-0.39, 0.29) is 46.5 Å². The van der Waals surface area contributed by atoms with Gasteiger partial charge in [-0.3, -0.25) is 29.0 Å². The second kappa shape index (κ2) is 12.6. The van der Waals surface area contributed by atoms with Crippen molar-refractivity contribution in [3.8, 4) is 11.5 Å². The number of aromatic hydroxyl groups is 1. The van der Waals surface area contributed by atoms with E-state index >= 15 is 0 Å². The van der Waals surface area contributed by atoms with Gasteiger partial charge in [0.05, 0.1) is 41.0 Å². The maximum Gasteiger partial charge on any atom is 0.241 e. The number of fused-ring (bicyclic) bond motifs is 4. The first-order chi connectivity index (χ1) is 24.5. The Labute approximate surface area is 300 Å². The number of allylic oxidation sites excluding steroid dienone is 2. The lowest BCUT2D eigenvalue weighted by atomic mass is 9.51. The highest BCUT2D eigenvalue weighted by atomic mass is 35.5. The predicted molar refractivity (Wildman–Crippen MR) is 187 cm³/mol. The maximum atomic E-state index is 14.6. The molecule has 3 heterocycles. The van der Waals surface area contributed by atoms with E-state index in [1.807, 2.05) is 24.3 Å². The molecular weight excluding hydrogens is 673 g/mol. The molecule has 0 unspecified atom stereocenters. The van der Waals surface area contributed by atoms with Gasteiger partial charge in [0.2, 0.25) is 23.6 Å². The van der Waals surface area contributed by atoms with Crippen molar-refractivity contribution in [2.75, 3.05) is 25.1 Å². The molecule has 6 atom stereocenters. The normalized spacial score (nSPS) is 29.6. The monoisotopic (exact) mass is 711 g/mol. The van der Waals surface area contributed by atoms with Gasteiger partial charge in [0, 0.05) is 31.6 Å². The SMILES string of the molecule is COc1cc([C@H]2C3=CC[C@@H]4C(=O)N(C5CCN(Cc6ccccc6)CC5)C(=O)[C@@H]4[C@@H]3C[C@H]3C(=O)N(c4ccc(F)c(Cl)c4)C(=O)[C@@]23C)ccc1O. The van der Waals surface area contributed by atoms with Crippen molar-refractivity contribution < 1.29 is 33.4 Å². The summed E-state index contributed by atoms with van der Waals surface area (Å²) in [6, 6.07) is 18.7. The number of rotatable bonds is 6. The molecule has 9 nitrogen and oxygen atoms in total. The molecule has 11 heteroatoms. The maximum absolute atomic E-state index is 14.6. The summed E-state index contributed by atoms with van der Waals surface area (Å²) in [7, 11) is 1.44. The minimum atomic E-state index is -1.30. The molecule has 51 heavy (non-hydrogen) atoms. The molecular formula is C40H39ClFN3O6. The second-order valence-electron chi connectivity index (χ2n) is 14.7. The lowest BCUT2D eigenvalue weighted by molar-refractivity contribution is -0.144. The van der Waals surface area contributed by atoms with Crippen molar-refractivity contribution in [2.45, 2.75) is 51.1 Å². The number of carbonyl (C=O) groups is 4. The van der Waals surface area contributed by atoms with Crippen LogP contribution in [0.4, 0.5) is 10.1 Å². The fourth-order valence-corrected chi connectivity index (χ4v) is 9.88. The number of carbonyl (C=O) groups excluding carboxylic acids is 4. The summed E-state index contributed by atoms with van der Waals surface area (Å²) >= 11 is 6.11. The zero-order valence-electron chi connectivity index (χ0n) is 28.4. The molecule has 264 valence electrons. The number of amides is 4. The number of hydrogen-bond acceptors (Lipinski definition) is 7. The van der Waals surface area contributed by atoms with Gasteiger partial charge in [-0.2, -0.15) is 0 Å². The fraction of sp³-hybridized carbons (Fsp3) is 0.400. The molecule has 1 N–H and O–H groups in total. The Hall–Kier alpha value is -4.54. The molecule has 3 aromatic carbocycles. The van der Waals surface area contributed by atoms with Crippen molar-refractivity contribution in [1.29, 1.82) is 0 Å². The van der Waals surface area contributed by atoms with E-state index in [4.69, 9.17) is 16.3 Å². The first-order valence-electron chi connectivity index (χ1n) is 17.6. The number of methoxy groups -OCH3 is 1. The quantitative estimate of drug-likeness (QED) is 0.244. The van der Waals surface area contributed by atoms with Gasteiger partial charge in [0.1, 0.15) is 5.82 Å². The van der Waals surface area contributed by atoms with Gasteiger partial charge in [-0.25, -0.2) is 9.29 Å². The first kappa shape index (κ1) is 33.6. The summed E-state index contributed by atoms with van der Waals surface area (Å²) in [6.07, 6.45) is 3.93. The molecule has 8 rings (SSSR count). The number of ether oxygens (including phenoxy) is 1. The second-order valence-corrected chi connectivity index (χ2v) is 15.1. The number of hydrogen-bond donors (Lipinski definition) is 1. The van der Waals surface area contributed by atoms with Gasteiger partial charge >= 0.3 is 0 Å². The molecule has 0 aromatic heterocycles. The van der Waals surface area contributed by atoms with Crippen LogP contribution in [-0.2, 0) is 25.7 Å². The highest BCUT2D eigenvalue weighted by Crippen LogP contribution is 2.64. The number of piperidine rings is 1. The van der Waals surface area contributed by atoms with Crippen molar-refractivity contribution >= 4 is 40.9 Å². The summed E-state index contributed by atoms with van der Waals surface area (Å²) in [4.78, 5) is 62.6. The molecule has 0 bridgehead atoms. The molecule has 4 fully saturated rings. The number of anilines is 1. The first-order valence-corrected chi connectivity index (χ1v) is 17.9. The Morgan fingerprint density at radius 1 is 0.941 bits per heavy atom. The lowest BCUT2D eigenvalue weighted by Gasteiger charge is -2.49. The standard InChI is InChI=1S/C40H39ClFN3O6/c1-40-29(37(48)45(39(40)50)25-9-12-31(42)30(41)19-25)20-28-26(35(40)23-8-13-32(46)33(18-23)51-2)10-11-27-34(28)38(49)44(36(27)47)24-14-16-43(17-15-24)21-22-6-4-3-5-7-22/h3-10,12-13,18-19,24,27-29,34-35,46H,11,14-17,20-21H2,1-2H3/t27-,28+,29-,34-,35-,40+/m0/s1. The summed E-state index contributed by atoms with van der Waals surface area (Å²) in [5, 5.41) is 10.3. The van der Waals surface area contributed by atoms with Crippen LogP contribution in [0.5, 0.6) is 11.5 Å². The molecule has 0 radical (unpaired) electrons. The third kappa shape index (κ3) is 5.20. The van der Waals surface area contributed by atoms with Gasteiger partial charge < -0.3 is 9.84 Å². The molecule has 4 amide bonds. The predicted octanol–water partition coefficient (Wildman–Crippen LogP) is 6.09. The van der Waals surface area contributed by atoms with Gasteiger partial charge in [-0.15, -0.1) is 0 Å². The zero-order valence-corrected chi connectivity index (χ0v) is 29.2. The third-order valence-corrected chi connectivity index (χ3v) is 12.5. The van der Waals surface area contributed by atoms with Crippen molar-refractivity contribution in [1.82, 2.24) is 9.80 Å². The minimum Gasteiger partial charge on any atom is -0.504 e. The van der Waals surface area contributed by atoms with E-state index in [0.29, 0.717) is 24.8 Å². The van der Waals surface area contributed by atoms with Crippen molar-refractivity contribution in [2.24, 2.45) is 29.1 Å². The summed E-state index contributed by atoms with van der Waals surface area (Å²) in [6.45, 7) is 4.12. The summed E-state index contributed by atoms with van der Waals surface area (Å²) in [5.41, 5.74) is 1.57. The van der Waals surface area contributed by atoms with Crippen molar-refractivity contribution in [3.63, 3.8) is 0 Å². The largest absolute Gasteiger partial charge is 0.504 e. The fourth-order valence-electron chi connectivity index (χ4n) is 9.70. The number of nitrogens with zero attached hydrogens (tertiary/aromatic N) is 3. The Balaban J connectivity index is 1.14. The molecule has 3 aromatic rings. The van der Waals surface area contributed by atoms with Crippen LogP contribution in [0.1, 0.15) is 49.7 Å². The van der Waals surface area contributed by atoms with Crippen LogP contribution >= 0.6 is 11.6 Å². The summed E-state index contributed by atoms with van der Waals surface area (Å²) in [5.74, 6) is -5.03. The Bertz CT molecular complexity index is 1980. The van der Waals surface area contributed by atoms with Crippen LogP contribution in [-0.4, -0.2) is 64.8 Å². The van der Waals surface area contributed by atoms with E-state index in [2.05, 4.69) is 17.0 Å². The third-order valence-electron chi connectivity index (χ3n) is 12.2. The highest BCUT2D eigenvalue weighted by molar-refractivity contribution is 6.31. The average molecular weight is 712 g/mol. The van der Waals surface area contributed by atoms with E-state index < -0.39 is 52.6 Å². The molecule has 1 saturated carbocycles. The summed E-state index contributed by atoms with van der Waals surface area (Å²) < 4.78 is 19.6. The topological polar surface area (TPSA) is 107 Å². The number of benzene rings is 3. The zero-order chi connectivity index (χ0) is 35.8.